The molecule has 1 amide bonds. The van der Waals surface area contributed by atoms with Gasteiger partial charge in [0.05, 0.1) is 5.69 Å². The zero-order valence-electron chi connectivity index (χ0n) is 7.16. The van der Waals surface area contributed by atoms with Gasteiger partial charge in [-0.25, -0.2) is 4.98 Å². The van der Waals surface area contributed by atoms with Crippen LogP contribution >= 0.6 is 0 Å². The molecule has 0 aromatic carbocycles. The number of carbonyl (C=O) groups is 1. The molecule has 66 valence electrons. The van der Waals surface area contributed by atoms with Crippen molar-refractivity contribution in [3.8, 4) is 11.8 Å². The number of pyridine rings is 1. The van der Waals surface area contributed by atoms with Crippen LogP contribution in [0, 0.1) is 18.8 Å². The number of amides is 1. The van der Waals surface area contributed by atoms with Gasteiger partial charge in [-0.15, -0.1) is 0 Å². The van der Waals surface area contributed by atoms with Gasteiger partial charge in [0.25, 0.3) is 5.91 Å². The number of rotatable bonds is 0. The Kier molecular flexibility index (Phi) is 2.50. The third kappa shape index (κ3) is 2.49. The minimum Gasteiger partial charge on any atom is -0.384 e. The topological polar surface area (TPSA) is 82.0 Å². The Bertz CT molecular complexity index is 401. The van der Waals surface area contributed by atoms with Crippen LogP contribution in [0.2, 0.25) is 0 Å². The summed E-state index contributed by atoms with van der Waals surface area (Å²) in [6.07, 6.45) is 0. The molecule has 0 spiro atoms. The molecule has 1 aromatic heterocycles. The van der Waals surface area contributed by atoms with Crippen molar-refractivity contribution in [2.75, 3.05) is 5.73 Å². The second kappa shape index (κ2) is 3.59. The molecule has 0 aliphatic carbocycles. The summed E-state index contributed by atoms with van der Waals surface area (Å²) >= 11 is 0. The molecule has 0 bridgehead atoms. The van der Waals surface area contributed by atoms with Crippen LogP contribution in [0.4, 0.5) is 5.82 Å². The number of nitrogens with two attached hydrogens (primary N) is 2. The van der Waals surface area contributed by atoms with E-state index in [0.717, 1.165) is 0 Å². The number of hydrogen-bond acceptors (Lipinski definition) is 3. The van der Waals surface area contributed by atoms with Crippen molar-refractivity contribution in [1.82, 2.24) is 4.98 Å². The molecule has 0 fully saturated rings. The summed E-state index contributed by atoms with van der Waals surface area (Å²) in [4.78, 5) is 14.3. The van der Waals surface area contributed by atoms with Crippen molar-refractivity contribution < 1.29 is 4.79 Å². The second-order valence-corrected chi connectivity index (χ2v) is 2.48. The van der Waals surface area contributed by atoms with Gasteiger partial charge in [-0.2, -0.15) is 0 Å². The summed E-state index contributed by atoms with van der Waals surface area (Å²) in [6.45, 7) is 1.77. The summed E-state index contributed by atoms with van der Waals surface area (Å²) in [5.74, 6) is 4.60. The molecule has 0 aliphatic heterocycles. The molecular formula is C9H9N3O. The fourth-order valence-electron chi connectivity index (χ4n) is 0.842. The zero-order valence-corrected chi connectivity index (χ0v) is 7.16. The van der Waals surface area contributed by atoms with E-state index >= 15 is 0 Å². The van der Waals surface area contributed by atoms with Crippen molar-refractivity contribution in [1.29, 1.82) is 0 Å². The van der Waals surface area contributed by atoms with E-state index < -0.39 is 5.91 Å². The highest BCUT2D eigenvalue weighted by Crippen LogP contribution is 2.05. The highest BCUT2D eigenvalue weighted by molar-refractivity contribution is 5.92. The van der Waals surface area contributed by atoms with Crippen LogP contribution in [0.5, 0.6) is 0 Å². The predicted molar refractivity (Wildman–Crippen MR) is 49.5 cm³/mol. The molecule has 4 heteroatoms. The van der Waals surface area contributed by atoms with Gasteiger partial charge in [0, 0.05) is 11.5 Å². The first-order chi connectivity index (χ1) is 6.09. The number of aromatic nitrogens is 1. The number of carbonyl (C=O) groups excluding carboxylic acids is 1. The summed E-state index contributed by atoms with van der Waals surface area (Å²) in [6, 6.07) is 3.33. The summed E-state index contributed by atoms with van der Waals surface area (Å²) in [5, 5.41) is 0. The summed E-state index contributed by atoms with van der Waals surface area (Å²) in [7, 11) is 0. The molecule has 1 heterocycles. The first kappa shape index (κ1) is 9.07. The average Bonchev–Trinajstić information content (AvgIpc) is 2.02. The van der Waals surface area contributed by atoms with Gasteiger partial charge < -0.3 is 11.5 Å². The van der Waals surface area contributed by atoms with Gasteiger partial charge in [0.2, 0.25) is 0 Å². The van der Waals surface area contributed by atoms with E-state index in [-0.39, 0.29) is 0 Å². The van der Waals surface area contributed by atoms with Gasteiger partial charge in [0.15, 0.2) is 0 Å². The quantitative estimate of drug-likeness (QED) is 0.536. The SMILES string of the molecule is Cc1nc(N)ccc1C#CC(N)=O. The molecule has 0 saturated carbocycles. The number of nitrogen functional groups attached to an aromatic ring is 1. The first-order valence-electron chi connectivity index (χ1n) is 3.64. The van der Waals surface area contributed by atoms with Crippen molar-refractivity contribution in [3.05, 3.63) is 23.4 Å². The molecule has 0 saturated heterocycles. The smallest absolute Gasteiger partial charge is 0.293 e. The van der Waals surface area contributed by atoms with Crippen LogP contribution in [-0.4, -0.2) is 10.9 Å². The third-order valence-electron chi connectivity index (χ3n) is 1.43. The van der Waals surface area contributed by atoms with E-state index in [1.165, 1.54) is 0 Å². The second-order valence-electron chi connectivity index (χ2n) is 2.48. The van der Waals surface area contributed by atoms with E-state index in [2.05, 4.69) is 16.8 Å². The molecular weight excluding hydrogens is 166 g/mol. The third-order valence-corrected chi connectivity index (χ3v) is 1.43. The minimum atomic E-state index is -0.656. The van der Waals surface area contributed by atoms with Gasteiger partial charge in [-0.1, -0.05) is 5.92 Å². The number of hydrogen-bond donors (Lipinski definition) is 2. The standard InChI is InChI=1S/C9H9N3O/c1-6-7(3-5-9(11)13)2-4-8(10)12-6/h2,4H,1H3,(H2,10,12)(H2,11,13). The van der Waals surface area contributed by atoms with Crippen molar-refractivity contribution in [3.63, 3.8) is 0 Å². The van der Waals surface area contributed by atoms with Crippen LogP contribution in [-0.2, 0) is 4.79 Å². The number of anilines is 1. The average molecular weight is 175 g/mol. The van der Waals surface area contributed by atoms with Crippen molar-refractivity contribution in [2.45, 2.75) is 6.92 Å². The molecule has 1 rings (SSSR count). The molecule has 13 heavy (non-hydrogen) atoms. The molecule has 0 radical (unpaired) electrons. The lowest BCUT2D eigenvalue weighted by atomic mass is 10.2. The van der Waals surface area contributed by atoms with Crippen LogP contribution in [0.25, 0.3) is 0 Å². The van der Waals surface area contributed by atoms with Crippen molar-refractivity contribution in [2.24, 2.45) is 5.73 Å². The Labute approximate surface area is 76.0 Å². The largest absolute Gasteiger partial charge is 0.384 e. The van der Waals surface area contributed by atoms with Gasteiger partial charge in [0.1, 0.15) is 5.82 Å². The molecule has 4 N–H and O–H groups in total. The number of nitrogens with zero attached hydrogens (tertiary/aromatic N) is 1. The van der Waals surface area contributed by atoms with Gasteiger partial charge in [-0.3, -0.25) is 4.79 Å². The fourth-order valence-corrected chi connectivity index (χ4v) is 0.842. The molecule has 0 aliphatic rings. The number of primary amides is 1. The minimum absolute atomic E-state index is 0.433. The monoisotopic (exact) mass is 175 g/mol. The number of aryl methyl sites for hydroxylation is 1. The van der Waals surface area contributed by atoms with E-state index in [1.807, 2.05) is 0 Å². The Hall–Kier alpha value is -2.02. The summed E-state index contributed by atoms with van der Waals surface area (Å²) in [5.41, 5.74) is 11.6. The van der Waals surface area contributed by atoms with Crippen LogP contribution in [0.1, 0.15) is 11.3 Å². The Balaban J connectivity index is 3.05. The molecule has 4 nitrogen and oxygen atoms in total. The molecule has 1 aromatic rings. The van der Waals surface area contributed by atoms with E-state index in [4.69, 9.17) is 11.5 Å². The van der Waals surface area contributed by atoms with E-state index in [9.17, 15) is 4.79 Å². The maximum absolute atomic E-state index is 10.4. The Morgan fingerprint density at radius 2 is 2.23 bits per heavy atom. The Morgan fingerprint density at radius 1 is 1.54 bits per heavy atom. The fraction of sp³-hybridized carbons (Fsp3) is 0.111. The van der Waals surface area contributed by atoms with Crippen LogP contribution < -0.4 is 11.5 Å². The maximum Gasteiger partial charge on any atom is 0.293 e. The predicted octanol–water partition coefficient (Wildman–Crippen LogP) is -0.191. The lowest BCUT2D eigenvalue weighted by Crippen LogP contribution is -2.06. The normalized spacial score (nSPS) is 8.69. The molecule has 0 atom stereocenters. The molecule has 0 unspecified atom stereocenters. The van der Waals surface area contributed by atoms with E-state index in [1.54, 1.807) is 19.1 Å². The maximum atomic E-state index is 10.4. The lowest BCUT2D eigenvalue weighted by molar-refractivity contribution is -0.112. The van der Waals surface area contributed by atoms with Crippen LogP contribution in [0.3, 0.4) is 0 Å². The zero-order chi connectivity index (χ0) is 9.84. The Morgan fingerprint density at radius 3 is 2.77 bits per heavy atom. The van der Waals surface area contributed by atoms with Gasteiger partial charge >= 0.3 is 0 Å². The van der Waals surface area contributed by atoms with Gasteiger partial charge in [-0.05, 0) is 19.1 Å². The van der Waals surface area contributed by atoms with Crippen LogP contribution in [0.15, 0.2) is 12.1 Å². The lowest BCUT2D eigenvalue weighted by Gasteiger charge is -1.97. The summed E-state index contributed by atoms with van der Waals surface area (Å²) < 4.78 is 0. The first-order valence-corrected chi connectivity index (χ1v) is 3.64. The highest BCUT2D eigenvalue weighted by Gasteiger charge is 1.95. The van der Waals surface area contributed by atoms with Crippen molar-refractivity contribution >= 4 is 11.7 Å². The highest BCUT2D eigenvalue weighted by atomic mass is 16.1. The van der Waals surface area contributed by atoms with E-state index in [0.29, 0.717) is 17.1 Å².